The number of hydrogen-bond acceptors (Lipinski definition) is 5. The number of methoxy groups -OCH3 is 1. The van der Waals surface area contributed by atoms with Gasteiger partial charge in [-0.15, -0.1) is 0 Å². The fourth-order valence-corrected chi connectivity index (χ4v) is 2.81. The second-order valence-electron chi connectivity index (χ2n) is 6.57. The molecule has 2 N–H and O–H groups in total. The Kier molecular flexibility index (Phi) is 7.21. The van der Waals surface area contributed by atoms with Crippen molar-refractivity contribution < 1.29 is 14.3 Å². The first kappa shape index (κ1) is 19.2. The lowest BCUT2D eigenvalue weighted by atomic mass is 10.1. The zero-order valence-electron chi connectivity index (χ0n) is 15.2. The number of hydrogen-bond donors (Lipinski definition) is 2. The van der Waals surface area contributed by atoms with Crippen LogP contribution in [0.25, 0.3) is 0 Å². The molecule has 1 aromatic rings. The van der Waals surface area contributed by atoms with E-state index in [2.05, 4.69) is 34.4 Å². The summed E-state index contributed by atoms with van der Waals surface area (Å²) in [4.78, 5) is 28.7. The van der Waals surface area contributed by atoms with E-state index in [9.17, 15) is 9.59 Å². The van der Waals surface area contributed by atoms with E-state index in [0.29, 0.717) is 18.0 Å². The molecule has 0 aliphatic carbocycles. The molecule has 1 aromatic carbocycles. The van der Waals surface area contributed by atoms with Crippen LogP contribution in [0.1, 0.15) is 6.92 Å². The van der Waals surface area contributed by atoms with Crippen molar-refractivity contribution in [1.29, 1.82) is 0 Å². The van der Waals surface area contributed by atoms with Crippen LogP contribution >= 0.6 is 0 Å². The van der Waals surface area contributed by atoms with Gasteiger partial charge in [-0.1, -0.05) is 19.1 Å². The van der Waals surface area contributed by atoms with Gasteiger partial charge in [0.25, 0.3) is 0 Å². The van der Waals surface area contributed by atoms with E-state index in [1.165, 1.54) is 7.11 Å². The number of para-hydroxylation sites is 2. The monoisotopic (exact) mass is 348 g/mol. The Morgan fingerprint density at radius 1 is 1.16 bits per heavy atom. The van der Waals surface area contributed by atoms with E-state index >= 15 is 0 Å². The number of amides is 2. The molecule has 2 rings (SSSR count). The van der Waals surface area contributed by atoms with E-state index in [4.69, 9.17) is 4.74 Å². The van der Waals surface area contributed by atoms with E-state index in [1.807, 2.05) is 0 Å². The van der Waals surface area contributed by atoms with Gasteiger partial charge in [-0.05, 0) is 25.1 Å². The summed E-state index contributed by atoms with van der Waals surface area (Å²) in [7, 11) is 3.65. The van der Waals surface area contributed by atoms with Crippen molar-refractivity contribution in [1.82, 2.24) is 15.1 Å². The number of piperazine rings is 1. The minimum absolute atomic E-state index is 0.284. The van der Waals surface area contributed by atoms with E-state index < -0.39 is 11.8 Å². The summed E-state index contributed by atoms with van der Waals surface area (Å²) in [5.74, 6) is -0.508. The van der Waals surface area contributed by atoms with Crippen LogP contribution in [0.2, 0.25) is 0 Å². The third-order valence-corrected chi connectivity index (χ3v) is 4.34. The Bertz CT molecular complexity index is 585. The number of nitrogens with zero attached hydrogens (tertiary/aromatic N) is 2. The average Bonchev–Trinajstić information content (AvgIpc) is 2.62. The highest BCUT2D eigenvalue weighted by Gasteiger charge is 2.19. The van der Waals surface area contributed by atoms with Crippen LogP contribution in [0.3, 0.4) is 0 Å². The van der Waals surface area contributed by atoms with Crippen molar-refractivity contribution in [2.45, 2.75) is 6.92 Å². The predicted molar refractivity (Wildman–Crippen MR) is 97.7 cm³/mol. The first-order valence-corrected chi connectivity index (χ1v) is 8.62. The quantitative estimate of drug-likeness (QED) is 0.738. The summed E-state index contributed by atoms with van der Waals surface area (Å²) >= 11 is 0. The number of anilines is 1. The Hall–Kier alpha value is -2.12. The molecule has 0 radical (unpaired) electrons. The van der Waals surface area contributed by atoms with Crippen LogP contribution < -0.4 is 15.4 Å². The number of carbonyl (C=O) groups excluding carboxylic acids is 2. The standard InChI is InChI=1S/C18H28N4O3/c1-14(13-22-10-8-21(2)9-11-22)12-19-17(23)18(24)20-15-6-4-5-7-16(15)25-3/h4-7,14H,8-13H2,1-3H3,(H,19,23)(H,20,24). The van der Waals surface area contributed by atoms with Gasteiger partial charge >= 0.3 is 11.8 Å². The first-order chi connectivity index (χ1) is 12.0. The second kappa shape index (κ2) is 9.39. The number of nitrogens with one attached hydrogen (secondary N) is 2. The van der Waals surface area contributed by atoms with Crippen molar-refractivity contribution in [3.8, 4) is 5.75 Å². The molecule has 0 saturated carbocycles. The molecule has 1 fully saturated rings. The minimum Gasteiger partial charge on any atom is -0.495 e. The number of carbonyl (C=O) groups is 2. The molecule has 1 heterocycles. The third-order valence-electron chi connectivity index (χ3n) is 4.34. The van der Waals surface area contributed by atoms with Gasteiger partial charge < -0.3 is 25.2 Å². The number of rotatable bonds is 6. The van der Waals surface area contributed by atoms with Crippen LogP contribution in [-0.2, 0) is 9.59 Å². The normalized spacial score (nSPS) is 16.9. The van der Waals surface area contributed by atoms with E-state index in [-0.39, 0.29) is 5.92 Å². The maximum atomic E-state index is 12.0. The molecule has 1 saturated heterocycles. The molecule has 0 bridgehead atoms. The van der Waals surface area contributed by atoms with Gasteiger partial charge in [-0.2, -0.15) is 0 Å². The Balaban J connectivity index is 1.74. The van der Waals surface area contributed by atoms with E-state index in [0.717, 1.165) is 32.7 Å². The summed E-state index contributed by atoms with van der Waals surface area (Å²) < 4.78 is 5.16. The Morgan fingerprint density at radius 2 is 1.84 bits per heavy atom. The maximum Gasteiger partial charge on any atom is 0.313 e. The summed E-state index contributed by atoms with van der Waals surface area (Å²) in [6.07, 6.45) is 0. The molecule has 0 aromatic heterocycles. The largest absolute Gasteiger partial charge is 0.495 e. The molecule has 2 amide bonds. The third kappa shape index (κ3) is 6.03. The van der Waals surface area contributed by atoms with Crippen molar-refractivity contribution in [2.75, 3.05) is 58.7 Å². The second-order valence-corrected chi connectivity index (χ2v) is 6.57. The average molecular weight is 348 g/mol. The van der Waals surface area contributed by atoms with Crippen LogP contribution in [0.4, 0.5) is 5.69 Å². The minimum atomic E-state index is -0.684. The fourth-order valence-electron chi connectivity index (χ4n) is 2.81. The molecule has 7 nitrogen and oxygen atoms in total. The van der Waals surface area contributed by atoms with Crippen molar-refractivity contribution in [3.63, 3.8) is 0 Å². The molecular formula is C18H28N4O3. The van der Waals surface area contributed by atoms with Gasteiger partial charge in [-0.25, -0.2) is 0 Å². The van der Waals surface area contributed by atoms with Crippen molar-refractivity contribution >= 4 is 17.5 Å². The van der Waals surface area contributed by atoms with Crippen LogP contribution in [0.5, 0.6) is 5.75 Å². The van der Waals surface area contributed by atoms with Gasteiger partial charge in [-0.3, -0.25) is 9.59 Å². The smallest absolute Gasteiger partial charge is 0.313 e. The molecule has 25 heavy (non-hydrogen) atoms. The lowest BCUT2D eigenvalue weighted by Gasteiger charge is -2.33. The highest BCUT2D eigenvalue weighted by Crippen LogP contribution is 2.22. The summed E-state index contributed by atoms with van der Waals surface area (Å²) in [6.45, 7) is 7.70. The van der Waals surface area contributed by atoms with Gasteiger partial charge in [0.15, 0.2) is 0 Å². The molecule has 138 valence electrons. The molecule has 0 spiro atoms. The topological polar surface area (TPSA) is 73.9 Å². The van der Waals surface area contributed by atoms with Crippen LogP contribution in [-0.4, -0.2) is 75.0 Å². The first-order valence-electron chi connectivity index (χ1n) is 8.62. The van der Waals surface area contributed by atoms with Crippen LogP contribution in [0, 0.1) is 5.92 Å². The van der Waals surface area contributed by atoms with Crippen molar-refractivity contribution in [3.05, 3.63) is 24.3 Å². The maximum absolute atomic E-state index is 12.0. The van der Waals surface area contributed by atoms with E-state index in [1.54, 1.807) is 24.3 Å². The summed E-state index contributed by atoms with van der Waals surface area (Å²) in [5.41, 5.74) is 0.482. The van der Waals surface area contributed by atoms with Crippen molar-refractivity contribution in [2.24, 2.45) is 5.92 Å². The summed E-state index contributed by atoms with van der Waals surface area (Å²) in [5, 5.41) is 5.29. The number of benzene rings is 1. The molecule has 7 heteroatoms. The Labute approximate surface area is 149 Å². The molecule has 1 aliphatic rings. The summed E-state index contributed by atoms with van der Waals surface area (Å²) in [6, 6.07) is 6.99. The lowest BCUT2D eigenvalue weighted by Crippen LogP contribution is -2.47. The molecule has 1 aliphatic heterocycles. The highest BCUT2D eigenvalue weighted by molar-refractivity contribution is 6.39. The molecule has 1 unspecified atom stereocenters. The highest BCUT2D eigenvalue weighted by atomic mass is 16.5. The van der Waals surface area contributed by atoms with Crippen LogP contribution in [0.15, 0.2) is 24.3 Å². The lowest BCUT2D eigenvalue weighted by molar-refractivity contribution is -0.136. The molecular weight excluding hydrogens is 320 g/mol. The van der Waals surface area contributed by atoms with Gasteiger partial charge in [0, 0.05) is 39.3 Å². The Morgan fingerprint density at radius 3 is 2.52 bits per heavy atom. The zero-order valence-corrected chi connectivity index (χ0v) is 15.2. The van der Waals surface area contributed by atoms with Gasteiger partial charge in [0.2, 0.25) is 0 Å². The molecule has 1 atom stereocenters. The van der Waals surface area contributed by atoms with Gasteiger partial charge in [0.05, 0.1) is 12.8 Å². The van der Waals surface area contributed by atoms with Gasteiger partial charge in [0.1, 0.15) is 5.75 Å². The fraction of sp³-hybridized carbons (Fsp3) is 0.556. The zero-order chi connectivity index (χ0) is 18.2. The number of likely N-dealkylation sites (N-methyl/N-ethyl adjacent to an activating group) is 1. The number of ether oxygens (including phenoxy) is 1. The SMILES string of the molecule is COc1ccccc1NC(=O)C(=O)NCC(C)CN1CCN(C)CC1. The predicted octanol–water partition coefficient (Wildman–Crippen LogP) is 0.633.